The molecule has 0 aliphatic heterocycles. The van der Waals surface area contributed by atoms with Crippen LogP contribution in [0.1, 0.15) is 16.3 Å². The molecule has 0 N–H and O–H groups in total. The van der Waals surface area contributed by atoms with Crippen molar-refractivity contribution in [3.05, 3.63) is 51.7 Å². The first kappa shape index (κ1) is 15.1. The van der Waals surface area contributed by atoms with Crippen molar-refractivity contribution >= 4 is 43.2 Å². The summed E-state index contributed by atoms with van der Waals surface area (Å²) < 4.78 is 13.1. The van der Waals surface area contributed by atoms with Gasteiger partial charge in [0.25, 0.3) is 0 Å². The van der Waals surface area contributed by atoms with E-state index in [1.165, 1.54) is 12.1 Å². The van der Waals surface area contributed by atoms with Crippen LogP contribution < -0.4 is 0 Å². The average Bonchev–Trinajstić information content (AvgIpc) is 2.82. The highest BCUT2D eigenvalue weighted by atomic mass is 79.9. The summed E-state index contributed by atoms with van der Waals surface area (Å²) in [5.41, 5.74) is 2.10. The van der Waals surface area contributed by atoms with Crippen LogP contribution in [0.15, 0.2) is 29.6 Å². The topological polar surface area (TPSA) is 12.9 Å². The largest absolute Gasteiger partial charge is 0.247 e. The predicted octanol–water partition coefficient (Wildman–Crippen LogP) is 4.86. The van der Waals surface area contributed by atoms with Crippen molar-refractivity contribution in [2.45, 2.75) is 18.8 Å². The van der Waals surface area contributed by atoms with Crippen LogP contribution in [-0.4, -0.2) is 15.6 Å². The molecule has 0 radical (unpaired) electrons. The number of thiazole rings is 1. The van der Waals surface area contributed by atoms with E-state index in [2.05, 4.69) is 42.2 Å². The minimum atomic E-state index is -0.203. The van der Waals surface area contributed by atoms with Crippen molar-refractivity contribution in [1.82, 2.24) is 4.98 Å². The van der Waals surface area contributed by atoms with Gasteiger partial charge in [0.05, 0.1) is 10.7 Å². The van der Waals surface area contributed by atoms with E-state index in [-0.39, 0.29) is 11.2 Å². The Balaban J connectivity index is 2.33. The zero-order chi connectivity index (χ0) is 13.9. The van der Waals surface area contributed by atoms with Gasteiger partial charge in [0.15, 0.2) is 0 Å². The van der Waals surface area contributed by atoms with E-state index >= 15 is 0 Å². The Hall–Kier alpha value is -0.260. The molecule has 0 unspecified atom stereocenters. The third kappa shape index (κ3) is 3.44. The first-order chi connectivity index (χ1) is 9.09. The Kier molecular flexibility index (Phi) is 5.15. The summed E-state index contributed by atoms with van der Waals surface area (Å²) in [4.78, 5) is 4.54. The van der Waals surface area contributed by atoms with Crippen molar-refractivity contribution in [2.75, 3.05) is 10.7 Å². The molecule has 1 aromatic carbocycles. The highest BCUT2D eigenvalue weighted by molar-refractivity contribution is 9.09. The summed E-state index contributed by atoms with van der Waals surface area (Å²) >= 11 is 8.87. The first-order valence-corrected chi connectivity index (χ1v) is 9.01. The number of rotatable bonds is 5. The van der Waals surface area contributed by atoms with Crippen LogP contribution in [0, 0.1) is 12.7 Å². The minimum absolute atomic E-state index is 0.103. The Bertz CT molecular complexity index is 535. The van der Waals surface area contributed by atoms with Gasteiger partial charge in [-0.1, -0.05) is 44.0 Å². The van der Waals surface area contributed by atoms with Crippen molar-refractivity contribution < 1.29 is 4.39 Å². The number of hydrogen-bond acceptors (Lipinski definition) is 2. The Labute approximate surface area is 133 Å². The molecular weight excluding hydrogens is 393 g/mol. The van der Waals surface area contributed by atoms with E-state index in [4.69, 9.17) is 0 Å². The number of nitrogens with zero attached hydrogens (tertiary/aromatic N) is 1. The summed E-state index contributed by atoms with van der Waals surface area (Å²) in [5.74, 6) is -0.203. The van der Waals surface area contributed by atoms with Gasteiger partial charge in [-0.3, -0.25) is 0 Å². The van der Waals surface area contributed by atoms with E-state index in [1.807, 2.05) is 19.1 Å². The SMILES string of the molecule is Cc1nc(CC(CBr)(CBr)c2ccc(F)cc2)cs1. The molecule has 0 bridgehead atoms. The molecule has 0 atom stereocenters. The fourth-order valence-corrected chi connectivity index (χ4v) is 4.61. The van der Waals surface area contributed by atoms with Gasteiger partial charge in [-0.05, 0) is 24.6 Å². The summed E-state index contributed by atoms with van der Waals surface area (Å²) in [6, 6.07) is 6.75. The maximum absolute atomic E-state index is 13.1. The van der Waals surface area contributed by atoms with Crippen LogP contribution in [0.3, 0.4) is 0 Å². The smallest absolute Gasteiger partial charge is 0.123 e. The second-order valence-electron chi connectivity index (χ2n) is 4.59. The number of hydrogen-bond donors (Lipinski definition) is 0. The summed E-state index contributed by atoms with van der Waals surface area (Å²) in [6.07, 6.45) is 0.833. The first-order valence-electron chi connectivity index (χ1n) is 5.88. The maximum Gasteiger partial charge on any atom is 0.123 e. The lowest BCUT2D eigenvalue weighted by Crippen LogP contribution is -2.33. The van der Waals surface area contributed by atoms with Gasteiger partial charge in [0, 0.05) is 27.9 Å². The van der Waals surface area contributed by atoms with Crippen LogP contribution in [0.2, 0.25) is 0 Å². The summed E-state index contributed by atoms with van der Waals surface area (Å²) in [7, 11) is 0. The van der Waals surface area contributed by atoms with Gasteiger partial charge in [0.1, 0.15) is 5.82 Å². The molecule has 1 aromatic heterocycles. The number of benzene rings is 1. The zero-order valence-corrected chi connectivity index (χ0v) is 14.5. The van der Waals surface area contributed by atoms with E-state index in [1.54, 1.807) is 11.3 Å². The molecule has 0 fully saturated rings. The Morgan fingerprint density at radius 2 is 1.84 bits per heavy atom. The van der Waals surface area contributed by atoms with Crippen molar-refractivity contribution in [3.63, 3.8) is 0 Å². The lowest BCUT2D eigenvalue weighted by molar-refractivity contribution is 0.541. The van der Waals surface area contributed by atoms with Crippen LogP contribution in [0.4, 0.5) is 4.39 Å². The molecule has 5 heteroatoms. The van der Waals surface area contributed by atoms with Gasteiger partial charge in [-0.15, -0.1) is 11.3 Å². The molecule has 0 spiro atoms. The van der Waals surface area contributed by atoms with Gasteiger partial charge < -0.3 is 0 Å². The molecule has 102 valence electrons. The number of aryl methyl sites for hydroxylation is 1. The predicted molar refractivity (Wildman–Crippen MR) is 86.2 cm³/mol. The summed E-state index contributed by atoms with van der Waals surface area (Å²) in [5, 5.41) is 4.77. The summed E-state index contributed by atoms with van der Waals surface area (Å²) in [6.45, 7) is 2.01. The highest BCUT2D eigenvalue weighted by Crippen LogP contribution is 2.33. The third-order valence-electron chi connectivity index (χ3n) is 3.15. The molecule has 2 aromatic rings. The van der Waals surface area contributed by atoms with Gasteiger partial charge in [-0.25, -0.2) is 9.37 Å². The highest BCUT2D eigenvalue weighted by Gasteiger charge is 2.31. The molecule has 0 aliphatic rings. The van der Waals surface area contributed by atoms with Crippen molar-refractivity contribution in [3.8, 4) is 0 Å². The van der Waals surface area contributed by atoms with Crippen molar-refractivity contribution in [1.29, 1.82) is 0 Å². The van der Waals surface area contributed by atoms with E-state index in [0.717, 1.165) is 33.3 Å². The Morgan fingerprint density at radius 3 is 2.32 bits per heavy atom. The normalized spacial score (nSPS) is 11.8. The fourth-order valence-electron chi connectivity index (χ4n) is 2.03. The molecule has 1 heterocycles. The number of aromatic nitrogens is 1. The molecule has 2 rings (SSSR count). The van der Waals surface area contributed by atoms with E-state index in [0.29, 0.717) is 0 Å². The number of alkyl halides is 2. The second-order valence-corrected chi connectivity index (χ2v) is 6.77. The van der Waals surface area contributed by atoms with Gasteiger partial charge in [-0.2, -0.15) is 0 Å². The molecule has 0 saturated carbocycles. The van der Waals surface area contributed by atoms with Crippen LogP contribution >= 0.6 is 43.2 Å². The van der Waals surface area contributed by atoms with Crippen LogP contribution in [-0.2, 0) is 11.8 Å². The fraction of sp³-hybridized carbons (Fsp3) is 0.357. The standard InChI is InChI=1S/C14H14Br2FNS/c1-10-18-13(7-19-10)6-14(8-15,9-16)11-2-4-12(17)5-3-11/h2-5,7H,6,8-9H2,1H3. The van der Waals surface area contributed by atoms with Gasteiger partial charge in [0.2, 0.25) is 0 Å². The van der Waals surface area contributed by atoms with E-state index in [9.17, 15) is 4.39 Å². The minimum Gasteiger partial charge on any atom is -0.247 e. The molecule has 0 amide bonds. The molecule has 1 nitrogen and oxygen atoms in total. The Morgan fingerprint density at radius 1 is 1.21 bits per heavy atom. The second kappa shape index (κ2) is 6.46. The van der Waals surface area contributed by atoms with Crippen LogP contribution in [0.5, 0.6) is 0 Å². The molecule has 0 saturated heterocycles. The third-order valence-corrected chi connectivity index (χ3v) is 6.12. The molecular formula is C14H14Br2FNS. The van der Waals surface area contributed by atoms with Gasteiger partial charge >= 0.3 is 0 Å². The average molecular weight is 407 g/mol. The van der Waals surface area contributed by atoms with Crippen molar-refractivity contribution in [2.24, 2.45) is 0 Å². The molecule has 19 heavy (non-hydrogen) atoms. The van der Waals surface area contributed by atoms with E-state index < -0.39 is 0 Å². The monoisotopic (exact) mass is 405 g/mol. The zero-order valence-electron chi connectivity index (χ0n) is 10.5. The maximum atomic E-state index is 13.1. The quantitative estimate of drug-likeness (QED) is 0.646. The number of halogens is 3. The lowest BCUT2D eigenvalue weighted by Gasteiger charge is -2.30. The lowest BCUT2D eigenvalue weighted by atomic mass is 9.80. The van der Waals surface area contributed by atoms with Crippen LogP contribution in [0.25, 0.3) is 0 Å². The molecule has 0 aliphatic carbocycles.